The molecule has 2 N–H and O–H groups in total. The minimum absolute atomic E-state index is 0.300. The van der Waals surface area contributed by atoms with E-state index in [1.54, 1.807) is 0 Å². The van der Waals surface area contributed by atoms with Crippen LogP contribution in [-0.4, -0.2) is 17.9 Å². The summed E-state index contributed by atoms with van der Waals surface area (Å²) in [6.07, 6.45) is 1.77. The Labute approximate surface area is 205 Å². The van der Waals surface area contributed by atoms with Crippen LogP contribution in [0.15, 0.2) is 84.9 Å². The van der Waals surface area contributed by atoms with E-state index in [9.17, 15) is 0 Å². The van der Waals surface area contributed by atoms with Gasteiger partial charge in [0, 0.05) is 24.2 Å². The zero-order valence-electron chi connectivity index (χ0n) is 18.5. The van der Waals surface area contributed by atoms with E-state index in [4.69, 9.17) is 10.8 Å². The van der Waals surface area contributed by atoms with Crippen LogP contribution in [0.3, 0.4) is 0 Å². The Kier molecular flexibility index (Phi) is 6.60. The maximum Gasteiger partial charge on any atom is 0.219 e. The minimum Gasteiger partial charge on any atom is -0.278 e. The largest absolute Gasteiger partial charge is 0.278 e. The first-order chi connectivity index (χ1) is 16.7. The maximum absolute atomic E-state index is 8.13. The third kappa shape index (κ3) is 5.13. The number of hydrogen-bond acceptors (Lipinski definition) is 6. The van der Waals surface area contributed by atoms with Crippen molar-refractivity contribution < 1.29 is 0 Å². The Hall–Kier alpha value is -3.62. The van der Waals surface area contributed by atoms with Gasteiger partial charge in [-0.15, -0.1) is 0 Å². The second-order valence-corrected chi connectivity index (χ2v) is 9.94. The van der Waals surface area contributed by atoms with E-state index in [0.717, 1.165) is 48.7 Å². The molecule has 0 radical (unpaired) electrons. The highest BCUT2D eigenvalue weighted by molar-refractivity contribution is 7.03. The second kappa shape index (κ2) is 10.1. The highest BCUT2D eigenvalue weighted by Crippen LogP contribution is 2.25. The molecule has 0 aliphatic heterocycles. The van der Waals surface area contributed by atoms with Crippen LogP contribution in [0, 0.1) is 10.8 Å². The third-order valence-corrected chi connectivity index (χ3v) is 7.23. The Morgan fingerprint density at radius 2 is 1.03 bits per heavy atom. The lowest BCUT2D eigenvalue weighted by molar-refractivity contribution is 0.750. The molecule has 0 aliphatic carbocycles. The van der Waals surface area contributed by atoms with Gasteiger partial charge in [-0.05, 0) is 53.1 Å². The van der Waals surface area contributed by atoms with E-state index in [1.165, 1.54) is 34.2 Å². The summed E-state index contributed by atoms with van der Waals surface area (Å²) in [5.41, 5.74) is 4.43. The number of nitrogens with one attached hydrogen (secondary N) is 2. The molecular weight excluding hydrogens is 460 g/mol. The Morgan fingerprint density at radius 3 is 1.47 bits per heavy atom. The fourth-order valence-electron chi connectivity index (χ4n) is 3.91. The van der Waals surface area contributed by atoms with E-state index in [0.29, 0.717) is 9.60 Å². The molecule has 0 bridgehead atoms. The minimum atomic E-state index is 0.300. The van der Waals surface area contributed by atoms with Crippen molar-refractivity contribution in [3.63, 3.8) is 0 Å². The predicted molar refractivity (Wildman–Crippen MR) is 137 cm³/mol. The fourth-order valence-corrected chi connectivity index (χ4v) is 5.41. The topological polar surface area (TPSA) is 83.3 Å². The van der Waals surface area contributed by atoms with Gasteiger partial charge >= 0.3 is 0 Å². The average Bonchev–Trinajstić information content (AvgIpc) is 3.44. The molecule has 2 heterocycles. The Morgan fingerprint density at radius 1 is 0.588 bits per heavy atom. The summed E-state index contributed by atoms with van der Waals surface area (Å²) < 4.78 is 4.18. The van der Waals surface area contributed by atoms with E-state index in [1.807, 2.05) is 30.3 Å². The quantitative estimate of drug-likeness (QED) is 0.326. The zero-order valence-corrected chi connectivity index (χ0v) is 20.1. The predicted octanol–water partition coefficient (Wildman–Crippen LogP) is 4.98. The van der Waals surface area contributed by atoms with Gasteiger partial charge in [0.05, 0.1) is 0 Å². The van der Waals surface area contributed by atoms with Crippen molar-refractivity contribution in [1.29, 1.82) is 10.8 Å². The summed E-state index contributed by atoms with van der Waals surface area (Å²) in [5.74, 6) is 1.59. The molecule has 0 amide bonds. The first kappa shape index (κ1) is 22.2. The van der Waals surface area contributed by atoms with Crippen LogP contribution in [0.1, 0.15) is 11.1 Å². The summed E-state index contributed by atoms with van der Waals surface area (Å²) >= 11 is 2.73. The summed E-state index contributed by atoms with van der Waals surface area (Å²) in [5, 5.41) is 16.3. The van der Waals surface area contributed by atoms with Gasteiger partial charge in [0.15, 0.2) is 11.6 Å². The molecule has 3 aromatic carbocycles. The molecule has 5 aromatic rings. The molecular formula is C26H24N6S2. The Balaban J connectivity index is 1.42. The van der Waals surface area contributed by atoms with Crippen LogP contribution >= 0.6 is 23.1 Å². The van der Waals surface area contributed by atoms with Gasteiger partial charge in [0.2, 0.25) is 9.60 Å². The van der Waals surface area contributed by atoms with Crippen molar-refractivity contribution >= 4 is 23.1 Å². The normalized spacial score (nSPS) is 11.1. The molecule has 34 heavy (non-hydrogen) atoms. The van der Waals surface area contributed by atoms with Crippen LogP contribution in [0.25, 0.3) is 22.8 Å². The lowest BCUT2D eigenvalue weighted by atomic mass is 10.1. The lowest BCUT2D eigenvalue weighted by Crippen LogP contribution is -2.02. The van der Waals surface area contributed by atoms with Gasteiger partial charge in [-0.2, -0.15) is 9.97 Å². The summed E-state index contributed by atoms with van der Waals surface area (Å²) in [6.45, 7) is 1.54. The van der Waals surface area contributed by atoms with Crippen molar-refractivity contribution in [2.45, 2.75) is 25.9 Å². The average molecular weight is 485 g/mol. The molecule has 6 nitrogen and oxygen atoms in total. The molecule has 0 unspecified atom stereocenters. The number of rotatable bonds is 8. The van der Waals surface area contributed by atoms with Gasteiger partial charge < -0.3 is 0 Å². The summed E-state index contributed by atoms with van der Waals surface area (Å²) in [4.78, 5) is 9.64. The van der Waals surface area contributed by atoms with Gasteiger partial charge in [-0.3, -0.25) is 18.7 Å². The molecule has 2 aromatic heterocycles. The van der Waals surface area contributed by atoms with Crippen LogP contribution < -0.4 is 9.60 Å². The number of benzene rings is 3. The summed E-state index contributed by atoms with van der Waals surface area (Å²) in [7, 11) is 0. The molecule has 0 saturated heterocycles. The second-order valence-electron chi connectivity index (χ2n) is 7.92. The zero-order chi connectivity index (χ0) is 23.3. The third-order valence-electron chi connectivity index (χ3n) is 5.55. The molecule has 0 aliphatic rings. The highest BCUT2D eigenvalue weighted by Gasteiger charge is 2.13. The van der Waals surface area contributed by atoms with Crippen molar-refractivity contribution in [3.05, 3.63) is 106 Å². The van der Waals surface area contributed by atoms with Gasteiger partial charge in [-0.1, -0.05) is 78.9 Å². The Bertz CT molecular complexity index is 1380. The number of hydrogen-bond donors (Lipinski definition) is 2. The van der Waals surface area contributed by atoms with Gasteiger partial charge in [0.25, 0.3) is 0 Å². The molecule has 0 saturated carbocycles. The number of aromatic nitrogens is 4. The maximum atomic E-state index is 8.13. The number of aryl methyl sites for hydroxylation is 4. The lowest BCUT2D eigenvalue weighted by Gasteiger charge is -2.10. The van der Waals surface area contributed by atoms with Crippen LogP contribution in [0.2, 0.25) is 0 Å². The smallest absolute Gasteiger partial charge is 0.219 e. The van der Waals surface area contributed by atoms with Crippen molar-refractivity contribution in [2.24, 2.45) is 0 Å². The van der Waals surface area contributed by atoms with Gasteiger partial charge in [0.1, 0.15) is 0 Å². The first-order valence-electron chi connectivity index (χ1n) is 11.1. The van der Waals surface area contributed by atoms with E-state index in [-0.39, 0.29) is 0 Å². The molecule has 0 spiro atoms. The van der Waals surface area contributed by atoms with Crippen LogP contribution in [-0.2, 0) is 25.9 Å². The van der Waals surface area contributed by atoms with E-state index < -0.39 is 0 Å². The fraction of sp³-hybridized carbons (Fsp3) is 0.154. The monoisotopic (exact) mass is 484 g/mol. The highest BCUT2D eigenvalue weighted by atomic mass is 32.1. The standard InChI is InChI=1S/C26H24N6S2/c27-25-29-23(31(33-25)16-14-19-8-3-1-4-9-19)21-12-7-13-22(18-21)24-30-26(28)34-32(24)17-15-20-10-5-2-6-11-20/h1-13,18,27-28H,14-17H2. The van der Waals surface area contributed by atoms with Crippen molar-refractivity contribution in [1.82, 2.24) is 17.9 Å². The molecule has 0 atom stereocenters. The SMILES string of the molecule is N=c1nc(-c2cccc(-c3nc(=N)sn3CCc3ccccc3)c2)n(CCc2ccccc2)s1. The molecule has 0 fully saturated rings. The van der Waals surface area contributed by atoms with E-state index >= 15 is 0 Å². The first-order valence-corrected chi connectivity index (χ1v) is 12.6. The van der Waals surface area contributed by atoms with Crippen molar-refractivity contribution in [2.75, 3.05) is 0 Å². The summed E-state index contributed by atoms with van der Waals surface area (Å²) in [6, 6.07) is 28.9. The molecule has 5 rings (SSSR count). The van der Waals surface area contributed by atoms with Crippen LogP contribution in [0.4, 0.5) is 0 Å². The van der Waals surface area contributed by atoms with Crippen LogP contribution in [0.5, 0.6) is 0 Å². The van der Waals surface area contributed by atoms with Crippen molar-refractivity contribution in [3.8, 4) is 22.8 Å². The molecule has 8 heteroatoms. The number of nitrogens with zero attached hydrogens (tertiary/aromatic N) is 4. The molecule has 170 valence electrons. The van der Waals surface area contributed by atoms with E-state index in [2.05, 4.69) is 72.5 Å². The van der Waals surface area contributed by atoms with Gasteiger partial charge in [-0.25, -0.2) is 0 Å².